The van der Waals surface area contributed by atoms with Gasteiger partial charge in [0.1, 0.15) is 12.2 Å². The second-order valence-corrected chi connectivity index (χ2v) is 6.60. The van der Waals surface area contributed by atoms with Crippen LogP contribution in [0.3, 0.4) is 0 Å². The predicted molar refractivity (Wildman–Crippen MR) is 85.3 cm³/mol. The van der Waals surface area contributed by atoms with Crippen molar-refractivity contribution in [3.8, 4) is 0 Å². The van der Waals surface area contributed by atoms with Crippen molar-refractivity contribution in [2.24, 2.45) is 11.5 Å². The van der Waals surface area contributed by atoms with Crippen molar-refractivity contribution in [3.05, 3.63) is 11.0 Å². The van der Waals surface area contributed by atoms with E-state index in [-0.39, 0.29) is 19.5 Å². The third-order valence-electron chi connectivity index (χ3n) is 2.42. The molecule has 0 aromatic heterocycles. The number of amides is 2. The van der Waals surface area contributed by atoms with Crippen LogP contribution in [0.4, 0.5) is 9.59 Å². The Morgan fingerprint density at radius 2 is 1.59 bits per heavy atom. The summed E-state index contributed by atoms with van der Waals surface area (Å²) in [6, 6.07) is 0. The third-order valence-corrected chi connectivity index (χ3v) is 5.02. The Balaban J connectivity index is -0.000000338. The standard InChI is InChI=1S/C11H20S2.2CH3NO2.Zn/c1-3-5-7-10-9-12-13-11(10)8-6-4-2;2*2-1(3)4;/h9,11H,3-8H2,1-2H3;2*2H2,(H,3,4);/q;;;+2/p-2. The fourth-order valence-electron chi connectivity index (χ4n) is 1.52. The van der Waals surface area contributed by atoms with Gasteiger partial charge in [0.2, 0.25) is 0 Å². The molecule has 0 spiro atoms. The molecule has 6 nitrogen and oxygen atoms in total. The zero-order valence-electron chi connectivity index (χ0n) is 13.2. The number of rotatable bonds is 6. The van der Waals surface area contributed by atoms with Gasteiger partial charge in [-0.25, -0.2) is 0 Å². The maximum atomic E-state index is 8.67. The van der Waals surface area contributed by atoms with Crippen molar-refractivity contribution in [2.45, 2.75) is 57.6 Å². The van der Waals surface area contributed by atoms with Gasteiger partial charge >= 0.3 is 19.5 Å². The van der Waals surface area contributed by atoms with Gasteiger partial charge in [0.05, 0.1) is 0 Å². The van der Waals surface area contributed by atoms with Gasteiger partial charge in [-0.2, -0.15) is 0 Å². The molecule has 0 saturated carbocycles. The molecule has 0 saturated heterocycles. The van der Waals surface area contributed by atoms with Crippen LogP contribution in [-0.2, 0) is 19.5 Å². The van der Waals surface area contributed by atoms with E-state index in [0.29, 0.717) is 0 Å². The molecule has 9 heteroatoms. The quantitative estimate of drug-likeness (QED) is 0.513. The van der Waals surface area contributed by atoms with E-state index in [9.17, 15) is 0 Å². The molecule has 2 amide bonds. The van der Waals surface area contributed by atoms with Gasteiger partial charge in [-0.1, -0.05) is 54.7 Å². The van der Waals surface area contributed by atoms with Crippen molar-refractivity contribution < 1.29 is 39.3 Å². The van der Waals surface area contributed by atoms with Crippen LogP contribution in [0.1, 0.15) is 52.4 Å². The first-order valence-electron chi connectivity index (χ1n) is 6.79. The molecule has 0 bridgehead atoms. The van der Waals surface area contributed by atoms with Crippen LogP contribution in [0.15, 0.2) is 11.0 Å². The maximum absolute atomic E-state index is 8.67. The molecule has 0 aromatic rings. The summed E-state index contributed by atoms with van der Waals surface area (Å²) in [4.78, 5) is 17.3. The summed E-state index contributed by atoms with van der Waals surface area (Å²) < 4.78 is 0. The number of carbonyl (C=O) groups excluding carboxylic acids is 2. The summed E-state index contributed by atoms with van der Waals surface area (Å²) in [6.07, 6.45) is 4.99. The zero-order chi connectivity index (χ0) is 16.7. The number of unbranched alkanes of at least 4 members (excludes halogenated alkanes) is 2. The first kappa shape index (κ1) is 26.5. The minimum absolute atomic E-state index is 0. The summed E-state index contributed by atoms with van der Waals surface area (Å²) in [5, 5.41) is 20.6. The van der Waals surface area contributed by atoms with Crippen molar-refractivity contribution in [1.82, 2.24) is 0 Å². The van der Waals surface area contributed by atoms with Gasteiger partial charge in [-0.15, -0.1) is 0 Å². The average Bonchev–Trinajstić information content (AvgIpc) is 2.79. The van der Waals surface area contributed by atoms with Gasteiger partial charge in [-0.05, 0) is 30.2 Å². The number of primary amides is 2. The fraction of sp³-hybridized carbons (Fsp3) is 0.692. The van der Waals surface area contributed by atoms with Crippen LogP contribution < -0.4 is 21.7 Å². The number of hydrogen-bond donors (Lipinski definition) is 2. The van der Waals surface area contributed by atoms with Crippen molar-refractivity contribution in [2.75, 3.05) is 0 Å². The second kappa shape index (κ2) is 18.7. The number of carboxylic acid groups (broad SMARTS) is 2. The Bertz CT molecular complexity index is 311. The molecule has 0 fully saturated rings. The third kappa shape index (κ3) is 21.9. The van der Waals surface area contributed by atoms with Crippen molar-refractivity contribution in [3.63, 3.8) is 0 Å². The van der Waals surface area contributed by atoms with E-state index in [4.69, 9.17) is 19.8 Å². The van der Waals surface area contributed by atoms with Gasteiger partial charge in [0, 0.05) is 5.25 Å². The second-order valence-electron chi connectivity index (χ2n) is 4.26. The molecule has 4 N–H and O–H groups in total. The molecular weight excluding hydrogens is 378 g/mol. The Morgan fingerprint density at radius 1 is 1.14 bits per heavy atom. The van der Waals surface area contributed by atoms with E-state index >= 15 is 0 Å². The monoisotopic (exact) mass is 400 g/mol. The van der Waals surface area contributed by atoms with Crippen LogP contribution in [-0.4, -0.2) is 17.4 Å². The Kier molecular flexibility index (Phi) is 22.5. The first-order chi connectivity index (χ1) is 9.84. The van der Waals surface area contributed by atoms with Crippen LogP contribution in [0, 0.1) is 0 Å². The minimum atomic E-state index is -1.58. The molecule has 124 valence electrons. The first-order valence-corrected chi connectivity index (χ1v) is 9.06. The molecule has 1 heterocycles. The van der Waals surface area contributed by atoms with Crippen LogP contribution in [0.2, 0.25) is 0 Å². The topological polar surface area (TPSA) is 132 Å². The SMILES string of the molecule is CCCCC1=CSSC1CCCC.NC(=O)[O-].NC(=O)[O-].[Zn+2]. The number of hydrogen-bond acceptors (Lipinski definition) is 6. The molecule has 1 atom stereocenters. The molecule has 0 aromatic carbocycles. The minimum Gasteiger partial charge on any atom is -0.530 e. The zero-order valence-corrected chi connectivity index (χ0v) is 17.8. The number of nitrogens with two attached hydrogens (primary N) is 2. The van der Waals surface area contributed by atoms with Gasteiger partial charge in [0.25, 0.3) is 0 Å². The summed E-state index contributed by atoms with van der Waals surface area (Å²) in [6.45, 7) is 4.55. The van der Waals surface area contributed by atoms with E-state index in [2.05, 4.69) is 41.5 Å². The predicted octanol–water partition coefficient (Wildman–Crippen LogP) is 1.59. The van der Waals surface area contributed by atoms with Crippen LogP contribution in [0.25, 0.3) is 0 Å². The summed E-state index contributed by atoms with van der Waals surface area (Å²) in [5.41, 5.74) is 9.55. The van der Waals surface area contributed by atoms with E-state index in [0.717, 1.165) is 5.25 Å². The van der Waals surface area contributed by atoms with E-state index in [1.165, 1.54) is 38.5 Å². The summed E-state index contributed by atoms with van der Waals surface area (Å²) in [7, 11) is 4.01. The molecular formula is C13H24N2O4S2Zn. The molecule has 1 aliphatic rings. The number of carbonyl (C=O) groups is 2. The Morgan fingerprint density at radius 3 is 2.00 bits per heavy atom. The molecule has 1 rings (SSSR count). The van der Waals surface area contributed by atoms with E-state index in [1.807, 2.05) is 10.8 Å². The van der Waals surface area contributed by atoms with E-state index < -0.39 is 12.2 Å². The fourth-order valence-corrected chi connectivity index (χ4v) is 4.37. The van der Waals surface area contributed by atoms with Gasteiger partial charge < -0.3 is 31.3 Å². The largest absolute Gasteiger partial charge is 2.00 e. The molecule has 0 radical (unpaired) electrons. The van der Waals surface area contributed by atoms with Crippen molar-refractivity contribution in [1.29, 1.82) is 0 Å². The van der Waals surface area contributed by atoms with Crippen molar-refractivity contribution >= 4 is 33.8 Å². The van der Waals surface area contributed by atoms with Crippen LogP contribution in [0.5, 0.6) is 0 Å². The molecule has 22 heavy (non-hydrogen) atoms. The van der Waals surface area contributed by atoms with Gasteiger partial charge in [-0.3, -0.25) is 0 Å². The Hall–Kier alpha value is -0.397. The average molecular weight is 402 g/mol. The molecule has 0 aliphatic carbocycles. The molecule has 1 aliphatic heterocycles. The summed E-state index contributed by atoms with van der Waals surface area (Å²) in [5.74, 6) is 0. The molecule has 1 unspecified atom stereocenters. The van der Waals surface area contributed by atoms with E-state index in [1.54, 1.807) is 5.57 Å². The summed E-state index contributed by atoms with van der Waals surface area (Å²) >= 11 is 0. The van der Waals surface area contributed by atoms with Crippen LogP contribution >= 0.6 is 21.6 Å². The Labute approximate surface area is 153 Å². The smallest absolute Gasteiger partial charge is 0.530 e. The normalized spacial score (nSPS) is 15.2. The van der Waals surface area contributed by atoms with Gasteiger partial charge in [0.15, 0.2) is 0 Å². The maximum Gasteiger partial charge on any atom is 2.00 e.